The largest absolute Gasteiger partial charge is 0.392 e. The molecule has 0 saturated carbocycles. The van der Waals surface area contributed by atoms with Gasteiger partial charge in [-0.15, -0.1) is 0 Å². The third kappa shape index (κ3) is 6.11. The number of amides is 1. The van der Waals surface area contributed by atoms with Crippen LogP contribution in [0.2, 0.25) is 10.3 Å². The van der Waals surface area contributed by atoms with Crippen molar-refractivity contribution in [3.63, 3.8) is 0 Å². The molecule has 2 N–H and O–H groups in total. The van der Waals surface area contributed by atoms with Gasteiger partial charge in [-0.1, -0.05) is 66.5 Å². The highest BCUT2D eigenvalue weighted by Gasteiger charge is 2.39. The molecular weight excluding hydrogens is 620 g/mol. The van der Waals surface area contributed by atoms with Crippen LogP contribution in [0.5, 0.6) is 0 Å². The Kier molecular flexibility index (Phi) is 9.04. The predicted octanol–water partition coefficient (Wildman–Crippen LogP) is 7.12. The molecule has 1 aliphatic rings. The number of rotatable bonds is 7. The minimum Gasteiger partial charge on any atom is -0.392 e. The van der Waals surface area contributed by atoms with Gasteiger partial charge in [0.15, 0.2) is 34.7 Å². The number of benzene rings is 3. The van der Waals surface area contributed by atoms with E-state index in [2.05, 4.69) is 10.3 Å². The predicted molar refractivity (Wildman–Crippen MR) is 146 cm³/mol. The van der Waals surface area contributed by atoms with Crippen molar-refractivity contribution in [1.29, 1.82) is 0 Å². The number of imidazole rings is 1. The molecule has 226 valence electrons. The van der Waals surface area contributed by atoms with Crippen molar-refractivity contribution < 1.29 is 41.3 Å². The van der Waals surface area contributed by atoms with Gasteiger partial charge in [-0.25, -0.2) is 26.9 Å². The van der Waals surface area contributed by atoms with E-state index in [1.807, 2.05) is 19.1 Å². The highest BCUT2D eigenvalue weighted by Crippen LogP contribution is 2.42. The van der Waals surface area contributed by atoms with Gasteiger partial charge in [0, 0.05) is 17.2 Å². The van der Waals surface area contributed by atoms with E-state index in [9.17, 15) is 31.9 Å². The molecule has 0 radical (unpaired) electrons. The lowest BCUT2D eigenvalue weighted by Crippen LogP contribution is -2.39. The minimum absolute atomic E-state index is 0.00870. The first-order valence-corrected chi connectivity index (χ1v) is 13.5. The molecule has 0 aliphatic carbocycles. The monoisotopic (exact) mass is 641 g/mol. The Morgan fingerprint density at radius 1 is 0.907 bits per heavy atom. The van der Waals surface area contributed by atoms with Crippen molar-refractivity contribution >= 4 is 34.8 Å². The molecule has 1 aromatic heterocycles. The summed E-state index contributed by atoms with van der Waals surface area (Å²) in [7, 11) is 0. The zero-order valence-corrected chi connectivity index (χ0v) is 23.6. The number of ether oxygens (including phenoxy) is 2. The topological polar surface area (TPSA) is 85.6 Å². The van der Waals surface area contributed by atoms with E-state index < -0.39 is 59.1 Å². The molecule has 1 aliphatic heterocycles. The van der Waals surface area contributed by atoms with Gasteiger partial charge < -0.3 is 24.5 Å². The van der Waals surface area contributed by atoms with E-state index in [1.165, 1.54) is 30.6 Å². The summed E-state index contributed by atoms with van der Waals surface area (Å²) in [5.41, 5.74) is 0.446. The fourth-order valence-corrected chi connectivity index (χ4v) is 5.03. The molecule has 14 heteroatoms. The van der Waals surface area contributed by atoms with Crippen LogP contribution in [0.1, 0.15) is 46.4 Å². The molecule has 0 bridgehead atoms. The maximum absolute atomic E-state index is 14.1. The molecule has 1 saturated heterocycles. The third-order valence-electron chi connectivity index (χ3n) is 7.11. The van der Waals surface area contributed by atoms with E-state index in [1.54, 1.807) is 16.7 Å². The fraction of sp³-hybridized carbons (Fsp3) is 0.241. The number of nitrogens with zero attached hydrogens (tertiary/aromatic N) is 2. The van der Waals surface area contributed by atoms with Gasteiger partial charge in [-0.2, -0.15) is 0 Å². The van der Waals surface area contributed by atoms with Crippen LogP contribution in [-0.2, 0) is 22.6 Å². The van der Waals surface area contributed by atoms with Crippen LogP contribution in [0.3, 0.4) is 0 Å². The molecule has 0 spiro atoms. The van der Waals surface area contributed by atoms with Crippen molar-refractivity contribution in [3.8, 4) is 0 Å². The van der Waals surface area contributed by atoms with Crippen LogP contribution in [0.25, 0.3) is 0 Å². The second-order valence-corrected chi connectivity index (χ2v) is 10.5. The molecule has 4 unspecified atom stereocenters. The van der Waals surface area contributed by atoms with Crippen LogP contribution < -0.4 is 5.32 Å². The summed E-state index contributed by atoms with van der Waals surface area (Å²) in [4.78, 5) is 16.5. The van der Waals surface area contributed by atoms with Crippen molar-refractivity contribution in [3.05, 3.63) is 117 Å². The average Bonchev–Trinajstić information content (AvgIpc) is 3.32. The molecule has 2 heterocycles. The van der Waals surface area contributed by atoms with Gasteiger partial charge in [-0.05, 0) is 23.3 Å². The fourth-order valence-electron chi connectivity index (χ4n) is 4.71. The first kappa shape index (κ1) is 30.9. The average molecular weight is 642 g/mol. The molecule has 1 amide bonds. The quantitative estimate of drug-likeness (QED) is 0.127. The van der Waals surface area contributed by atoms with E-state index in [0.717, 1.165) is 11.1 Å². The lowest BCUT2D eigenvalue weighted by molar-refractivity contribution is -0.276. The molecule has 4 aromatic rings. The lowest BCUT2D eigenvalue weighted by atomic mass is 9.90. The van der Waals surface area contributed by atoms with Gasteiger partial charge in [-0.3, -0.25) is 4.79 Å². The van der Waals surface area contributed by atoms with Gasteiger partial charge in [0.25, 0.3) is 5.91 Å². The highest BCUT2D eigenvalue weighted by atomic mass is 35.5. The summed E-state index contributed by atoms with van der Waals surface area (Å²) >= 11 is 12.3. The van der Waals surface area contributed by atoms with Gasteiger partial charge in [0.05, 0.1) is 31.7 Å². The van der Waals surface area contributed by atoms with Crippen molar-refractivity contribution in [2.45, 2.75) is 38.6 Å². The Labute approximate surface area is 251 Å². The number of hydrogen-bond donors (Lipinski definition) is 2. The number of halogens is 7. The highest BCUT2D eigenvalue weighted by molar-refractivity contribution is 6.40. The number of aliphatic hydroxyl groups is 1. The van der Waals surface area contributed by atoms with Crippen LogP contribution in [0.4, 0.5) is 27.6 Å². The summed E-state index contributed by atoms with van der Waals surface area (Å²) in [6.45, 7) is 2.10. The van der Waals surface area contributed by atoms with E-state index in [-0.39, 0.29) is 35.1 Å². The smallest absolute Gasteiger partial charge is 0.261 e. The molecule has 4 atom stereocenters. The number of anilines is 1. The Hall–Kier alpha value is -3.55. The third-order valence-corrected chi connectivity index (χ3v) is 7.88. The Morgan fingerprint density at radius 2 is 1.49 bits per heavy atom. The van der Waals surface area contributed by atoms with Crippen molar-refractivity contribution in [2.24, 2.45) is 5.92 Å². The van der Waals surface area contributed by atoms with Gasteiger partial charge in [0.2, 0.25) is 5.82 Å². The summed E-state index contributed by atoms with van der Waals surface area (Å²) in [5, 5.41) is 11.9. The lowest BCUT2D eigenvalue weighted by Gasteiger charge is -2.41. The molecule has 5 rings (SSSR count). The number of hydrogen-bond acceptors (Lipinski definition) is 5. The normalized spacial score (nSPS) is 20.3. The van der Waals surface area contributed by atoms with Crippen LogP contribution >= 0.6 is 23.2 Å². The Morgan fingerprint density at radius 3 is 2.05 bits per heavy atom. The van der Waals surface area contributed by atoms with Crippen LogP contribution in [0.15, 0.2) is 54.9 Å². The number of nitrogens with one attached hydrogen (secondary N) is 1. The maximum atomic E-state index is 14.1. The van der Waals surface area contributed by atoms with Crippen LogP contribution in [0, 0.1) is 35.0 Å². The van der Waals surface area contributed by atoms with Crippen LogP contribution in [-0.4, -0.2) is 26.7 Å². The number of aliphatic hydroxyl groups excluding tert-OH is 1. The second-order valence-electron chi connectivity index (χ2n) is 9.82. The maximum Gasteiger partial charge on any atom is 0.261 e. The first-order valence-electron chi connectivity index (χ1n) is 12.8. The first-order chi connectivity index (χ1) is 20.5. The molecule has 43 heavy (non-hydrogen) atoms. The molecule has 3 aromatic carbocycles. The summed E-state index contributed by atoms with van der Waals surface area (Å²) < 4.78 is 82.9. The summed E-state index contributed by atoms with van der Waals surface area (Å²) in [5.74, 6) is -13.0. The molecular formula is C29H22Cl2F5N3O4. The molecule has 1 fully saturated rings. The SMILES string of the molecule is CC1C(Cn2cnc(Cl)c2Cl)OC(c2ccc(NC(=O)c3c(F)c(F)c(F)c(F)c3F)cc2)OC1c1ccc(CO)cc1. The number of carbonyl (C=O) groups is 1. The zero-order valence-electron chi connectivity index (χ0n) is 22.1. The van der Waals surface area contributed by atoms with E-state index >= 15 is 0 Å². The summed E-state index contributed by atoms with van der Waals surface area (Å²) in [6.07, 6.45) is -0.375. The van der Waals surface area contributed by atoms with Crippen molar-refractivity contribution in [1.82, 2.24) is 9.55 Å². The van der Waals surface area contributed by atoms with E-state index in [4.69, 9.17) is 32.7 Å². The van der Waals surface area contributed by atoms with Crippen molar-refractivity contribution in [2.75, 3.05) is 5.32 Å². The zero-order chi connectivity index (χ0) is 31.0. The molecule has 7 nitrogen and oxygen atoms in total. The number of carbonyl (C=O) groups excluding carboxylic acids is 1. The van der Waals surface area contributed by atoms with Gasteiger partial charge in [0.1, 0.15) is 10.7 Å². The standard InChI is InChI=1S/C29H22Cl2F5N3O4/c1-13-18(10-39-12-37-26(30)27(39)31)42-29(43-25(13)15-4-2-14(11-40)3-5-15)16-6-8-17(9-7-16)38-28(41)19-20(32)22(34)24(36)23(35)21(19)33/h2-9,12-13,18,25,29,40H,10-11H2,1H3,(H,38,41). The number of aromatic nitrogens is 2. The van der Waals surface area contributed by atoms with E-state index in [0.29, 0.717) is 5.56 Å². The minimum atomic E-state index is -2.36. The summed E-state index contributed by atoms with van der Waals surface area (Å²) in [6, 6.07) is 13.0. The Balaban J connectivity index is 1.40. The second kappa shape index (κ2) is 12.6. The Bertz CT molecular complexity index is 1620. The van der Waals surface area contributed by atoms with Gasteiger partial charge >= 0.3 is 0 Å².